The van der Waals surface area contributed by atoms with Gasteiger partial charge in [0.1, 0.15) is 0 Å². The van der Waals surface area contributed by atoms with Crippen molar-refractivity contribution < 1.29 is 0 Å². The van der Waals surface area contributed by atoms with Crippen molar-refractivity contribution in [2.45, 2.75) is 55.4 Å². The van der Waals surface area contributed by atoms with Crippen molar-refractivity contribution in [1.82, 2.24) is 0 Å². The molecule has 0 amide bonds. The summed E-state index contributed by atoms with van der Waals surface area (Å²) in [7, 11) is 0. The van der Waals surface area contributed by atoms with Crippen LogP contribution in [0.2, 0.25) is 0 Å². The van der Waals surface area contributed by atoms with Crippen LogP contribution in [0.4, 0.5) is 0 Å². The summed E-state index contributed by atoms with van der Waals surface area (Å²) in [5, 5.41) is 8.08. The summed E-state index contributed by atoms with van der Waals surface area (Å²) < 4.78 is 0. The van der Waals surface area contributed by atoms with E-state index < -0.39 is 0 Å². The fraction of sp³-hybridized carbons (Fsp3) is 0.182. The molecule has 0 N–H and O–H groups in total. The largest absolute Gasteiger partial charge is 0.0620 e. The van der Waals surface area contributed by atoms with Crippen LogP contribution in [0.25, 0.3) is 32.3 Å². The molecule has 7 aromatic rings. The Kier molecular flexibility index (Phi) is 11.1. The van der Waals surface area contributed by atoms with Gasteiger partial charge < -0.3 is 0 Å². The van der Waals surface area contributed by atoms with Gasteiger partial charge in [-0.15, -0.1) is 0 Å². The first-order chi connectivity index (χ1) is 21.2. The lowest BCUT2D eigenvalue weighted by atomic mass is 10.0. The van der Waals surface area contributed by atoms with Crippen LogP contribution in [0.15, 0.2) is 133 Å². The highest BCUT2D eigenvalue weighted by Crippen LogP contribution is 2.22. The van der Waals surface area contributed by atoms with Crippen LogP contribution in [-0.4, -0.2) is 0 Å². The Bertz CT molecular complexity index is 1830. The Morgan fingerprint density at radius 2 is 0.568 bits per heavy atom. The van der Waals surface area contributed by atoms with E-state index >= 15 is 0 Å². The average molecular weight is 575 g/mol. The maximum Gasteiger partial charge on any atom is -0.0152 e. The first-order valence-electron chi connectivity index (χ1n) is 15.5. The first kappa shape index (κ1) is 32.2. The van der Waals surface area contributed by atoms with E-state index in [-0.39, 0.29) is 0 Å². The lowest BCUT2D eigenvalue weighted by Gasteiger charge is -2.04. The third-order valence-electron chi connectivity index (χ3n) is 8.73. The molecule has 0 aliphatic heterocycles. The van der Waals surface area contributed by atoms with Crippen LogP contribution in [0.5, 0.6) is 0 Å². The van der Waals surface area contributed by atoms with E-state index in [2.05, 4.69) is 189 Å². The number of hydrogen-bond donors (Lipinski definition) is 0. The quantitative estimate of drug-likeness (QED) is 0.169. The number of hydrogen-bond acceptors (Lipinski definition) is 0. The molecule has 0 aliphatic carbocycles. The van der Waals surface area contributed by atoms with Gasteiger partial charge in [-0.05, 0) is 132 Å². The van der Waals surface area contributed by atoms with Crippen molar-refractivity contribution in [3.8, 4) is 0 Å². The van der Waals surface area contributed by atoms with E-state index in [1.165, 1.54) is 76.8 Å². The molecule has 0 nitrogen and oxygen atoms in total. The minimum atomic E-state index is 1.33. The van der Waals surface area contributed by atoms with Crippen LogP contribution < -0.4 is 0 Å². The Morgan fingerprint density at radius 3 is 0.932 bits per heavy atom. The van der Waals surface area contributed by atoms with E-state index in [0.717, 1.165) is 0 Å². The molecule has 0 heterocycles. The molecule has 222 valence electrons. The smallest absolute Gasteiger partial charge is 0.0152 e. The van der Waals surface area contributed by atoms with Gasteiger partial charge in [-0.2, -0.15) is 0 Å². The molecule has 0 radical (unpaired) electrons. The molecule has 7 aromatic carbocycles. The van der Waals surface area contributed by atoms with Gasteiger partial charge in [0.05, 0.1) is 0 Å². The summed E-state index contributed by atoms with van der Waals surface area (Å²) in [6.45, 7) is 17.2. The third-order valence-corrected chi connectivity index (χ3v) is 8.73. The molecule has 0 fully saturated rings. The zero-order chi connectivity index (χ0) is 31.6. The Balaban J connectivity index is 0.000000135. The highest BCUT2D eigenvalue weighted by atomic mass is 14.0. The van der Waals surface area contributed by atoms with E-state index in [0.29, 0.717) is 0 Å². The van der Waals surface area contributed by atoms with Crippen molar-refractivity contribution in [1.29, 1.82) is 0 Å². The zero-order valence-electron chi connectivity index (χ0n) is 27.7. The predicted octanol–water partition coefficient (Wildman–Crippen LogP) is 12.7. The van der Waals surface area contributed by atoms with Crippen LogP contribution in [0.1, 0.15) is 44.5 Å². The van der Waals surface area contributed by atoms with Gasteiger partial charge in [0.15, 0.2) is 0 Å². The van der Waals surface area contributed by atoms with E-state index in [9.17, 15) is 0 Å². The van der Waals surface area contributed by atoms with Gasteiger partial charge in [-0.1, -0.05) is 133 Å². The minimum Gasteiger partial charge on any atom is -0.0620 e. The molecule has 7 rings (SSSR count). The second-order valence-electron chi connectivity index (χ2n) is 11.8. The van der Waals surface area contributed by atoms with Crippen LogP contribution in [0, 0.1) is 55.4 Å². The summed E-state index contributed by atoms with van der Waals surface area (Å²) in [4.78, 5) is 0. The van der Waals surface area contributed by atoms with Crippen LogP contribution in [-0.2, 0) is 0 Å². The van der Waals surface area contributed by atoms with Gasteiger partial charge >= 0.3 is 0 Å². The molecule has 0 spiro atoms. The second kappa shape index (κ2) is 15.2. The van der Waals surface area contributed by atoms with Crippen molar-refractivity contribution >= 4 is 32.3 Å². The van der Waals surface area contributed by atoms with Crippen molar-refractivity contribution in [2.75, 3.05) is 0 Å². The summed E-state index contributed by atoms with van der Waals surface area (Å²) in [5.74, 6) is 0. The van der Waals surface area contributed by atoms with E-state index in [4.69, 9.17) is 0 Å². The normalized spacial score (nSPS) is 10.3. The van der Waals surface area contributed by atoms with Crippen LogP contribution in [0.3, 0.4) is 0 Å². The maximum atomic E-state index is 2.24. The first-order valence-corrected chi connectivity index (χ1v) is 15.5. The van der Waals surface area contributed by atoms with Crippen molar-refractivity contribution in [3.05, 3.63) is 178 Å². The van der Waals surface area contributed by atoms with Crippen LogP contribution >= 0.6 is 0 Å². The van der Waals surface area contributed by atoms with Gasteiger partial charge in [-0.25, -0.2) is 0 Å². The Hall–Kier alpha value is -4.68. The number of aryl methyl sites for hydroxylation is 8. The fourth-order valence-electron chi connectivity index (χ4n) is 5.20. The minimum absolute atomic E-state index is 1.33. The second-order valence-corrected chi connectivity index (χ2v) is 11.8. The third kappa shape index (κ3) is 8.23. The lowest BCUT2D eigenvalue weighted by molar-refractivity contribution is 1.34. The summed E-state index contributed by atoms with van der Waals surface area (Å²) in [6, 6.07) is 47.0. The van der Waals surface area contributed by atoms with E-state index in [1.807, 2.05) is 0 Å². The maximum absolute atomic E-state index is 2.24. The standard InChI is InChI=1S/3C12H12.C8H10/c1-9-7-11-5-3-4-6-12(11)8-10(9)2;2*1-9-7-8-11-5-3-4-6-12(11)10(9)2;1-7-5-3-4-6-8(7)2/h3*3-8H,1-2H3;3-6H,1-2H3. The molecular formula is C44H46. The van der Waals surface area contributed by atoms with Crippen molar-refractivity contribution in [3.63, 3.8) is 0 Å². The SMILES string of the molecule is Cc1cc2ccccc2cc1C.Cc1ccc2ccccc2c1C.Cc1ccc2ccccc2c1C.Cc1ccccc1C. The molecule has 0 unspecified atom stereocenters. The van der Waals surface area contributed by atoms with Gasteiger partial charge in [0.25, 0.3) is 0 Å². The molecule has 44 heavy (non-hydrogen) atoms. The number of benzene rings is 7. The van der Waals surface area contributed by atoms with Gasteiger partial charge in [0.2, 0.25) is 0 Å². The predicted molar refractivity (Wildman–Crippen MR) is 196 cm³/mol. The monoisotopic (exact) mass is 574 g/mol. The van der Waals surface area contributed by atoms with Gasteiger partial charge in [0, 0.05) is 0 Å². The van der Waals surface area contributed by atoms with Crippen molar-refractivity contribution in [2.24, 2.45) is 0 Å². The summed E-state index contributed by atoms with van der Waals surface area (Å²) in [5.41, 5.74) is 11.0. The zero-order valence-corrected chi connectivity index (χ0v) is 27.7. The molecule has 0 heteroatoms. The molecule has 0 aromatic heterocycles. The van der Waals surface area contributed by atoms with Gasteiger partial charge in [-0.3, -0.25) is 0 Å². The van der Waals surface area contributed by atoms with E-state index in [1.54, 1.807) is 0 Å². The highest BCUT2D eigenvalue weighted by molar-refractivity contribution is 5.87. The molecular weight excluding hydrogens is 528 g/mol. The molecule has 0 aliphatic rings. The number of fused-ring (bicyclic) bond motifs is 3. The number of rotatable bonds is 0. The lowest BCUT2D eigenvalue weighted by Crippen LogP contribution is -1.82. The highest BCUT2D eigenvalue weighted by Gasteiger charge is 1.99. The summed E-state index contributed by atoms with van der Waals surface area (Å²) in [6.07, 6.45) is 0. The molecule has 0 saturated carbocycles. The Labute approximate surface area is 265 Å². The average Bonchev–Trinajstić information content (AvgIpc) is 3.04. The summed E-state index contributed by atoms with van der Waals surface area (Å²) >= 11 is 0. The molecule has 0 bridgehead atoms. The Morgan fingerprint density at radius 1 is 0.250 bits per heavy atom. The molecule has 0 saturated heterocycles. The fourth-order valence-corrected chi connectivity index (χ4v) is 5.20. The molecule has 0 atom stereocenters. The topological polar surface area (TPSA) is 0 Å².